The molecule has 3 heteroatoms. The van der Waals surface area contributed by atoms with Gasteiger partial charge in [0.1, 0.15) is 5.58 Å². The van der Waals surface area contributed by atoms with Crippen molar-refractivity contribution in [3.05, 3.63) is 46.8 Å². The molecular weight excluding hydrogens is 341 g/mol. The first-order valence-corrected chi connectivity index (χ1v) is 3.35. The molecular formula is C9H6HgO2. The van der Waals surface area contributed by atoms with Crippen molar-refractivity contribution < 1.29 is 32.1 Å². The van der Waals surface area contributed by atoms with Crippen molar-refractivity contribution in [1.29, 1.82) is 0 Å². The van der Waals surface area contributed by atoms with Crippen molar-refractivity contribution >= 4 is 11.0 Å². The third-order valence-electron chi connectivity index (χ3n) is 1.53. The smallest absolute Gasteiger partial charge is 0.336 e. The number of fused-ring (bicyclic) bond motifs is 1. The van der Waals surface area contributed by atoms with Crippen molar-refractivity contribution in [1.82, 2.24) is 0 Å². The van der Waals surface area contributed by atoms with E-state index in [4.69, 9.17) is 4.42 Å². The number of hydrogen-bond acceptors (Lipinski definition) is 2. The van der Waals surface area contributed by atoms with Crippen LogP contribution < -0.4 is 5.63 Å². The summed E-state index contributed by atoms with van der Waals surface area (Å²) < 4.78 is 4.91. The predicted octanol–water partition coefficient (Wildman–Crippen LogP) is 1.79. The van der Waals surface area contributed by atoms with E-state index in [1.165, 1.54) is 6.07 Å². The minimum absolute atomic E-state index is 0. The van der Waals surface area contributed by atoms with Crippen molar-refractivity contribution in [2.75, 3.05) is 0 Å². The Balaban J connectivity index is 0.000000720. The normalized spacial score (nSPS) is 9.33. The van der Waals surface area contributed by atoms with Gasteiger partial charge in [0.15, 0.2) is 0 Å². The summed E-state index contributed by atoms with van der Waals surface area (Å²) in [7, 11) is 0. The maximum atomic E-state index is 10.7. The first kappa shape index (κ1) is 9.45. The van der Waals surface area contributed by atoms with Crippen LogP contribution in [0.1, 0.15) is 0 Å². The molecule has 0 spiro atoms. The van der Waals surface area contributed by atoms with Crippen molar-refractivity contribution in [3.63, 3.8) is 0 Å². The van der Waals surface area contributed by atoms with E-state index in [0.29, 0.717) is 5.58 Å². The molecule has 12 heavy (non-hydrogen) atoms. The summed E-state index contributed by atoms with van der Waals surface area (Å²) in [5.41, 5.74) is 0.337. The Morgan fingerprint density at radius 3 is 2.58 bits per heavy atom. The minimum atomic E-state index is -0.302. The van der Waals surface area contributed by atoms with E-state index >= 15 is 0 Å². The molecule has 1 aromatic carbocycles. The van der Waals surface area contributed by atoms with E-state index in [0.717, 1.165) is 5.39 Å². The van der Waals surface area contributed by atoms with E-state index in [1.54, 1.807) is 12.1 Å². The summed E-state index contributed by atoms with van der Waals surface area (Å²) in [4.78, 5) is 10.7. The first-order valence-electron chi connectivity index (χ1n) is 3.35. The molecule has 2 aromatic rings. The molecule has 1 heterocycles. The molecule has 56 valence electrons. The summed E-state index contributed by atoms with van der Waals surface area (Å²) in [5, 5.41) is 0.951. The molecule has 0 saturated carbocycles. The average molecular weight is 347 g/mol. The second-order valence-electron chi connectivity index (χ2n) is 2.29. The molecule has 0 atom stereocenters. The van der Waals surface area contributed by atoms with Gasteiger partial charge in [-0.2, -0.15) is 0 Å². The van der Waals surface area contributed by atoms with E-state index in [-0.39, 0.29) is 33.3 Å². The van der Waals surface area contributed by atoms with Crippen molar-refractivity contribution in [3.8, 4) is 0 Å². The summed E-state index contributed by atoms with van der Waals surface area (Å²) in [6.07, 6.45) is 0. The van der Waals surface area contributed by atoms with Gasteiger partial charge in [-0.05, 0) is 12.1 Å². The van der Waals surface area contributed by atoms with Crippen LogP contribution in [0, 0.1) is 0 Å². The maximum Gasteiger partial charge on any atom is 0.336 e. The molecule has 0 radical (unpaired) electrons. The second kappa shape index (κ2) is 3.85. The average Bonchev–Trinajstić information content (AvgIpc) is 2.04. The van der Waals surface area contributed by atoms with E-state index < -0.39 is 0 Å². The number of rotatable bonds is 0. The summed E-state index contributed by atoms with van der Waals surface area (Å²) >= 11 is 0. The van der Waals surface area contributed by atoms with Gasteiger partial charge in [-0.1, -0.05) is 18.2 Å². The van der Waals surface area contributed by atoms with Crippen LogP contribution in [-0.4, -0.2) is 0 Å². The Bertz CT molecular complexity index is 433. The van der Waals surface area contributed by atoms with E-state index in [2.05, 4.69) is 0 Å². The molecule has 0 bridgehead atoms. The number of benzene rings is 1. The number of hydrogen-bond donors (Lipinski definition) is 0. The molecule has 0 N–H and O–H groups in total. The summed E-state index contributed by atoms with van der Waals surface area (Å²) in [6, 6.07) is 10.6. The van der Waals surface area contributed by atoms with Crippen molar-refractivity contribution in [2.45, 2.75) is 0 Å². The zero-order chi connectivity index (χ0) is 7.68. The van der Waals surface area contributed by atoms with Crippen LogP contribution in [0.4, 0.5) is 0 Å². The van der Waals surface area contributed by atoms with Crippen LogP contribution in [0.3, 0.4) is 0 Å². The van der Waals surface area contributed by atoms with Gasteiger partial charge < -0.3 is 4.42 Å². The number of para-hydroxylation sites is 1. The van der Waals surface area contributed by atoms with Crippen LogP contribution >= 0.6 is 0 Å². The standard InChI is InChI=1S/C9H6O2.Hg/c10-9-6-5-7-3-1-2-4-8(7)11-9;/h1-6H;. The fraction of sp³-hybridized carbons (Fsp3) is 0. The molecule has 0 aliphatic carbocycles. The van der Waals surface area contributed by atoms with Crippen LogP contribution in [0.25, 0.3) is 11.0 Å². The van der Waals surface area contributed by atoms with E-state index in [9.17, 15) is 4.79 Å². The zero-order valence-corrected chi connectivity index (χ0v) is 12.0. The molecule has 0 unspecified atom stereocenters. The summed E-state index contributed by atoms with van der Waals surface area (Å²) in [5.74, 6) is 0. The van der Waals surface area contributed by atoms with Gasteiger partial charge in [0.25, 0.3) is 0 Å². The third-order valence-corrected chi connectivity index (χ3v) is 1.53. The maximum absolute atomic E-state index is 10.7. The molecule has 0 saturated heterocycles. The van der Waals surface area contributed by atoms with E-state index in [1.807, 2.05) is 18.2 Å². The largest absolute Gasteiger partial charge is 0.423 e. The fourth-order valence-electron chi connectivity index (χ4n) is 1.01. The Kier molecular flexibility index (Phi) is 3.03. The monoisotopic (exact) mass is 348 g/mol. The van der Waals surface area contributed by atoms with Gasteiger partial charge in [0.2, 0.25) is 0 Å². The first-order chi connectivity index (χ1) is 5.36. The molecule has 0 aliphatic heterocycles. The minimum Gasteiger partial charge on any atom is -0.423 e. The topological polar surface area (TPSA) is 30.2 Å². The Hall–Kier alpha value is -0.635. The molecule has 0 amide bonds. The zero-order valence-electron chi connectivity index (χ0n) is 6.49. The molecule has 0 fully saturated rings. The Labute approximate surface area is 89.7 Å². The predicted molar refractivity (Wildman–Crippen MR) is 42.5 cm³/mol. The SMILES string of the molecule is O=c1ccc2ccccc2o1.[Hg]. The van der Waals surface area contributed by atoms with Gasteiger partial charge in [0, 0.05) is 39.1 Å². The van der Waals surface area contributed by atoms with Crippen molar-refractivity contribution in [2.24, 2.45) is 0 Å². The van der Waals surface area contributed by atoms with Gasteiger partial charge in [-0.3, -0.25) is 0 Å². The van der Waals surface area contributed by atoms with Gasteiger partial charge >= 0.3 is 5.63 Å². The molecule has 1 aromatic heterocycles. The van der Waals surface area contributed by atoms with Crippen LogP contribution in [0.15, 0.2) is 45.6 Å². The van der Waals surface area contributed by atoms with Crippen LogP contribution in [0.5, 0.6) is 0 Å². The molecule has 0 aliphatic rings. The fourth-order valence-corrected chi connectivity index (χ4v) is 1.01. The third kappa shape index (κ3) is 1.75. The van der Waals surface area contributed by atoms with Crippen LogP contribution in [0.2, 0.25) is 0 Å². The molecule has 2 nitrogen and oxygen atoms in total. The van der Waals surface area contributed by atoms with Gasteiger partial charge in [-0.15, -0.1) is 0 Å². The quantitative estimate of drug-likeness (QED) is 0.538. The second-order valence-corrected chi connectivity index (χ2v) is 2.29. The summed E-state index contributed by atoms with van der Waals surface area (Å²) in [6.45, 7) is 0. The van der Waals surface area contributed by atoms with Gasteiger partial charge in [-0.25, -0.2) is 4.79 Å². The van der Waals surface area contributed by atoms with Gasteiger partial charge in [0.05, 0.1) is 0 Å². The Morgan fingerprint density at radius 1 is 1.00 bits per heavy atom. The van der Waals surface area contributed by atoms with Crippen LogP contribution in [-0.2, 0) is 27.7 Å². The molecule has 2 rings (SSSR count). The Morgan fingerprint density at radius 2 is 1.75 bits per heavy atom.